The Morgan fingerprint density at radius 3 is 2.68 bits per heavy atom. The summed E-state index contributed by atoms with van der Waals surface area (Å²) in [7, 11) is -2.54. The van der Waals surface area contributed by atoms with Gasteiger partial charge in [-0.15, -0.1) is 0 Å². The van der Waals surface area contributed by atoms with Crippen molar-refractivity contribution in [2.24, 2.45) is 0 Å². The van der Waals surface area contributed by atoms with Crippen LogP contribution in [0, 0.1) is 13.8 Å². The first-order chi connectivity index (χ1) is 16.1. The predicted molar refractivity (Wildman–Crippen MR) is 130 cm³/mol. The Labute approximate surface area is 200 Å². The quantitative estimate of drug-likeness (QED) is 0.694. The third kappa shape index (κ3) is 4.74. The number of sulfonamides is 1. The Bertz CT molecular complexity index is 1230. The molecule has 182 valence electrons. The molecule has 34 heavy (non-hydrogen) atoms. The number of carbonyl (C=O) groups excluding carboxylic acids is 2. The fourth-order valence-corrected chi connectivity index (χ4v) is 5.75. The predicted octanol–water partition coefficient (Wildman–Crippen LogP) is 1.99. The molecular weight excluding hydrogens is 456 g/mol. The molecule has 2 aliphatic rings. The van der Waals surface area contributed by atoms with Crippen LogP contribution in [0.5, 0.6) is 5.75 Å². The van der Waals surface area contributed by atoms with Crippen LogP contribution in [-0.2, 0) is 19.6 Å². The highest BCUT2D eigenvalue weighted by Gasteiger charge is 2.31. The minimum Gasteiger partial charge on any atom is -0.482 e. The molecule has 0 saturated carbocycles. The molecule has 0 bridgehead atoms. The van der Waals surface area contributed by atoms with Gasteiger partial charge in [-0.3, -0.25) is 9.59 Å². The number of carbonyl (C=O) groups is 2. The maximum absolute atomic E-state index is 13.3. The van der Waals surface area contributed by atoms with E-state index >= 15 is 0 Å². The molecule has 1 atom stereocenters. The average molecular weight is 487 g/mol. The van der Waals surface area contributed by atoms with Gasteiger partial charge in [0.1, 0.15) is 5.75 Å². The summed E-state index contributed by atoms with van der Waals surface area (Å²) in [4.78, 5) is 28.6. The van der Waals surface area contributed by atoms with Crippen LogP contribution >= 0.6 is 0 Å². The summed E-state index contributed by atoms with van der Waals surface area (Å²) in [5, 5.41) is 2.67. The molecule has 2 amide bonds. The molecule has 2 aliphatic heterocycles. The van der Waals surface area contributed by atoms with Crippen LogP contribution in [0.2, 0.25) is 0 Å². The van der Waals surface area contributed by atoms with E-state index < -0.39 is 10.0 Å². The van der Waals surface area contributed by atoms with Crippen molar-refractivity contribution in [2.45, 2.75) is 31.7 Å². The van der Waals surface area contributed by atoms with Gasteiger partial charge in [0.05, 0.1) is 17.1 Å². The maximum atomic E-state index is 13.3. The normalized spacial score (nSPS) is 18.4. The van der Waals surface area contributed by atoms with Crippen LogP contribution in [0.4, 0.5) is 11.4 Å². The van der Waals surface area contributed by atoms with E-state index in [9.17, 15) is 18.0 Å². The highest BCUT2D eigenvalue weighted by Crippen LogP contribution is 2.34. The van der Waals surface area contributed by atoms with Crippen LogP contribution in [0.3, 0.4) is 0 Å². The SMILES string of the molecule is Cc1cccc(N2CCN(C(=O)CN(C)S(=O)(=O)c3cc4c(cc3C)NC(=O)CO4)C[C@@H]2C)c1. The zero-order valence-electron chi connectivity index (χ0n) is 19.9. The van der Waals surface area contributed by atoms with Crippen LogP contribution in [-0.4, -0.2) is 75.3 Å². The summed E-state index contributed by atoms with van der Waals surface area (Å²) in [6.07, 6.45) is 0. The zero-order valence-corrected chi connectivity index (χ0v) is 20.7. The van der Waals surface area contributed by atoms with Gasteiger partial charge in [0, 0.05) is 44.5 Å². The summed E-state index contributed by atoms with van der Waals surface area (Å²) in [5.74, 6) is -0.229. The van der Waals surface area contributed by atoms with E-state index in [4.69, 9.17) is 4.74 Å². The van der Waals surface area contributed by atoms with Crippen molar-refractivity contribution in [3.05, 3.63) is 47.5 Å². The first-order valence-electron chi connectivity index (χ1n) is 11.2. The Morgan fingerprint density at radius 2 is 1.97 bits per heavy atom. The van der Waals surface area contributed by atoms with Gasteiger partial charge in [-0.05, 0) is 50.1 Å². The molecule has 1 N–H and O–H groups in total. The lowest BCUT2D eigenvalue weighted by atomic mass is 10.1. The fourth-order valence-electron chi connectivity index (χ4n) is 4.41. The lowest BCUT2D eigenvalue weighted by Gasteiger charge is -2.41. The number of amides is 2. The highest BCUT2D eigenvalue weighted by atomic mass is 32.2. The largest absolute Gasteiger partial charge is 0.482 e. The molecule has 0 aromatic heterocycles. The minimum absolute atomic E-state index is 0.0512. The molecular formula is C24H30N4O5S. The number of aryl methyl sites for hydroxylation is 2. The zero-order chi connectivity index (χ0) is 24.6. The molecule has 2 aromatic rings. The van der Waals surface area contributed by atoms with Gasteiger partial charge in [0.2, 0.25) is 15.9 Å². The molecule has 0 radical (unpaired) electrons. The van der Waals surface area contributed by atoms with E-state index in [1.54, 1.807) is 17.9 Å². The van der Waals surface area contributed by atoms with E-state index in [-0.39, 0.29) is 35.9 Å². The Balaban J connectivity index is 1.44. The number of hydrogen-bond acceptors (Lipinski definition) is 6. The van der Waals surface area contributed by atoms with Gasteiger partial charge in [-0.1, -0.05) is 12.1 Å². The molecule has 2 aromatic carbocycles. The monoisotopic (exact) mass is 486 g/mol. The van der Waals surface area contributed by atoms with Crippen LogP contribution in [0.1, 0.15) is 18.1 Å². The van der Waals surface area contributed by atoms with Gasteiger partial charge in [-0.25, -0.2) is 8.42 Å². The number of piperazine rings is 1. The van der Waals surface area contributed by atoms with Crippen molar-refractivity contribution in [3.63, 3.8) is 0 Å². The van der Waals surface area contributed by atoms with Crippen LogP contribution < -0.4 is 15.0 Å². The van der Waals surface area contributed by atoms with E-state index in [2.05, 4.69) is 42.3 Å². The molecule has 1 fully saturated rings. The molecule has 0 aliphatic carbocycles. The van der Waals surface area contributed by atoms with Gasteiger partial charge < -0.3 is 19.9 Å². The average Bonchev–Trinajstić information content (AvgIpc) is 2.78. The maximum Gasteiger partial charge on any atom is 0.262 e. The van der Waals surface area contributed by atoms with E-state index in [0.29, 0.717) is 36.6 Å². The summed E-state index contributed by atoms with van der Waals surface area (Å²) >= 11 is 0. The van der Waals surface area contributed by atoms with E-state index in [1.807, 2.05) is 6.07 Å². The molecule has 9 nitrogen and oxygen atoms in total. The summed E-state index contributed by atoms with van der Waals surface area (Å²) in [5.41, 5.74) is 3.21. The first-order valence-corrected chi connectivity index (χ1v) is 12.6. The Morgan fingerprint density at radius 1 is 1.21 bits per heavy atom. The standard InChI is InChI=1S/C24H30N4O5S/c1-16-6-5-7-19(10-16)28-9-8-27(13-18(28)3)24(30)14-26(4)34(31,32)22-12-21-20(11-17(22)2)25-23(29)15-33-21/h5-7,10-12,18H,8-9,13-15H2,1-4H3,(H,25,29)/t18-/m0/s1. The number of nitrogens with one attached hydrogen (secondary N) is 1. The lowest BCUT2D eigenvalue weighted by Crippen LogP contribution is -2.55. The van der Waals surface area contributed by atoms with Crippen molar-refractivity contribution in [3.8, 4) is 5.75 Å². The smallest absolute Gasteiger partial charge is 0.262 e. The van der Waals surface area contributed by atoms with Crippen molar-refractivity contribution in [1.82, 2.24) is 9.21 Å². The van der Waals surface area contributed by atoms with E-state index in [1.165, 1.54) is 18.7 Å². The number of anilines is 2. The molecule has 0 spiro atoms. The van der Waals surface area contributed by atoms with Gasteiger partial charge in [0.25, 0.3) is 5.91 Å². The Hall–Kier alpha value is -3.11. The number of benzene rings is 2. The summed E-state index contributed by atoms with van der Waals surface area (Å²) in [6.45, 7) is 7.07. The third-order valence-electron chi connectivity index (χ3n) is 6.27. The fraction of sp³-hybridized carbons (Fsp3) is 0.417. The second kappa shape index (κ2) is 9.27. The van der Waals surface area contributed by atoms with Crippen LogP contribution in [0.15, 0.2) is 41.3 Å². The number of rotatable bonds is 5. The summed E-state index contributed by atoms with van der Waals surface area (Å²) < 4.78 is 33.0. The molecule has 2 heterocycles. The molecule has 4 rings (SSSR count). The second-order valence-corrected chi connectivity index (χ2v) is 10.9. The number of hydrogen-bond donors (Lipinski definition) is 1. The van der Waals surface area contributed by atoms with Crippen LogP contribution in [0.25, 0.3) is 0 Å². The molecule has 0 unspecified atom stereocenters. The third-order valence-corrected chi connectivity index (χ3v) is 8.22. The number of fused-ring (bicyclic) bond motifs is 1. The number of likely N-dealkylation sites (N-methyl/N-ethyl adjacent to an activating group) is 1. The van der Waals surface area contributed by atoms with E-state index in [0.717, 1.165) is 9.99 Å². The molecule has 1 saturated heterocycles. The summed E-state index contributed by atoms with van der Waals surface area (Å²) in [6, 6.07) is 11.4. The minimum atomic E-state index is -3.94. The number of ether oxygens (including phenoxy) is 1. The lowest BCUT2D eigenvalue weighted by molar-refractivity contribution is -0.132. The Kier molecular flexibility index (Phi) is 6.55. The number of nitrogens with zero attached hydrogens (tertiary/aromatic N) is 3. The van der Waals surface area contributed by atoms with Gasteiger partial charge in [-0.2, -0.15) is 4.31 Å². The topological polar surface area (TPSA) is 99.3 Å². The van der Waals surface area contributed by atoms with Gasteiger partial charge in [0.15, 0.2) is 6.61 Å². The highest BCUT2D eigenvalue weighted by molar-refractivity contribution is 7.89. The molecule has 10 heteroatoms. The first kappa shape index (κ1) is 24.0. The van der Waals surface area contributed by atoms with Crippen molar-refractivity contribution in [2.75, 3.05) is 50.1 Å². The van der Waals surface area contributed by atoms with Crippen molar-refractivity contribution >= 4 is 33.2 Å². The van der Waals surface area contributed by atoms with Crippen molar-refractivity contribution < 1.29 is 22.7 Å². The van der Waals surface area contributed by atoms with Gasteiger partial charge >= 0.3 is 0 Å². The second-order valence-electron chi connectivity index (χ2n) is 8.93. The van der Waals surface area contributed by atoms with Crippen molar-refractivity contribution in [1.29, 1.82) is 0 Å².